The fourth-order valence-electron chi connectivity index (χ4n) is 1.49. The molecule has 0 saturated carbocycles. The van der Waals surface area contributed by atoms with Gasteiger partial charge in [0.1, 0.15) is 0 Å². The second-order valence-electron chi connectivity index (χ2n) is 3.53. The number of benzene rings is 1. The number of pyridine rings is 1. The third kappa shape index (κ3) is 2.76. The molecule has 2 aromatic rings. The lowest BCUT2D eigenvalue weighted by atomic mass is 10.1. The Labute approximate surface area is 93.1 Å². The van der Waals surface area contributed by atoms with E-state index in [1.54, 1.807) is 6.20 Å². The number of hydrogen-bond donors (Lipinski definition) is 0. The molecule has 0 N–H and O–H groups in total. The maximum absolute atomic E-state index is 12.3. The zero-order valence-corrected chi connectivity index (χ0v) is 9.24. The molecule has 0 atom stereocenters. The van der Waals surface area contributed by atoms with E-state index in [9.17, 15) is 12.3 Å². The van der Waals surface area contributed by atoms with E-state index in [1.165, 1.54) is 0 Å². The first kappa shape index (κ1) is 11.0. The van der Waals surface area contributed by atoms with Crippen LogP contribution < -0.4 is 0 Å². The van der Waals surface area contributed by atoms with E-state index in [0.717, 1.165) is 16.5 Å². The maximum Gasteiger partial charge on any atom is 0.302 e. The highest BCUT2D eigenvalue weighted by Crippen LogP contribution is 2.13. The van der Waals surface area contributed by atoms with E-state index in [2.05, 4.69) is 4.98 Å². The molecule has 1 heterocycles. The Bertz CT molecular complexity index is 610. The molecule has 3 nitrogen and oxygen atoms in total. The van der Waals surface area contributed by atoms with Gasteiger partial charge in [0.2, 0.25) is 0 Å². The van der Waals surface area contributed by atoms with Crippen LogP contribution in [0, 0.1) is 0 Å². The van der Waals surface area contributed by atoms with Gasteiger partial charge in [-0.25, -0.2) is 0 Å². The van der Waals surface area contributed by atoms with Gasteiger partial charge in [-0.2, -0.15) is 8.42 Å². The van der Waals surface area contributed by atoms with Crippen molar-refractivity contribution in [2.45, 2.75) is 6.42 Å². The van der Waals surface area contributed by atoms with E-state index < -0.39 is 16.0 Å². The van der Waals surface area contributed by atoms with Crippen molar-refractivity contribution in [2.75, 3.05) is 5.75 Å². The van der Waals surface area contributed by atoms with Crippen LogP contribution in [0.4, 0.5) is 3.89 Å². The molecule has 0 aliphatic carbocycles. The highest BCUT2D eigenvalue weighted by Gasteiger charge is 2.07. The van der Waals surface area contributed by atoms with Crippen LogP contribution in [-0.4, -0.2) is 19.2 Å². The van der Waals surface area contributed by atoms with Gasteiger partial charge in [0, 0.05) is 11.6 Å². The molecule has 84 valence electrons. The molecule has 2 rings (SSSR count). The molecule has 5 heteroatoms. The van der Waals surface area contributed by atoms with Crippen LogP contribution in [0.2, 0.25) is 0 Å². The Hall–Kier alpha value is -1.49. The van der Waals surface area contributed by atoms with Crippen molar-refractivity contribution in [1.29, 1.82) is 0 Å². The number of para-hydroxylation sites is 1. The van der Waals surface area contributed by atoms with Crippen molar-refractivity contribution >= 4 is 21.1 Å². The molecule has 0 aliphatic rings. The van der Waals surface area contributed by atoms with E-state index in [0.29, 0.717) is 0 Å². The van der Waals surface area contributed by atoms with Crippen LogP contribution in [0.1, 0.15) is 5.56 Å². The monoisotopic (exact) mass is 239 g/mol. The molecule has 0 spiro atoms. The Kier molecular flexibility index (Phi) is 2.87. The molecule has 0 fully saturated rings. The quantitative estimate of drug-likeness (QED) is 0.770. The lowest BCUT2D eigenvalue weighted by molar-refractivity contribution is 0.551. The Morgan fingerprint density at radius 1 is 1.25 bits per heavy atom. The Morgan fingerprint density at radius 3 is 2.75 bits per heavy atom. The fraction of sp³-hybridized carbons (Fsp3) is 0.182. The molecule has 0 bridgehead atoms. The van der Waals surface area contributed by atoms with Crippen molar-refractivity contribution in [3.8, 4) is 0 Å². The second-order valence-corrected chi connectivity index (χ2v) is 5.02. The van der Waals surface area contributed by atoms with Crippen LogP contribution in [0.5, 0.6) is 0 Å². The molecule has 1 aromatic carbocycles. The van der Waals surface area contributed by atoms with Gasteiger partial charge in [-0.1, -0.05) is 18.2 Å². The predicted molar refractivity (Wildman–Crippen MR) is 60.3 cm³/mol. The predicted octanol–water partition coefficient (Wildman–Crippen LogP) is 2.08. The minimum absolute atomic E-state index is 0.149. The van der Waals surface area contributed by atoms with E-state index in [-0.39, 0.29) is 6.42 Å². The minimum Gasteiger partial charge on any atom is -0.256 e. The van der Waals surface area contributed by atoms with Gasteiger partial charge in [-0.3, -0.25) is 4.98 Å². The summed E-state index contributed by atoms with van der Waals surface area (Å²) in [4.78, 5) is 4.16. The van der Waals surface area contributed by atoms with Gasteiger partial charge in [0.25, 0.3) is 0 Å². The van der Waals surface area contributed by atoms with Crippen molar-refractivity contribution in [3.05, 3.63) is 42.1 Å². The summed E-state index contributed by atoms with van der Waals surface area (Å²) >= 11 is 0. The number of fused-ring (bicyclic) bond motifs is 1. The minimum atomic E-state index is -4.40. The van der Waals surface area contributed by atoms with Gasteiger partial charge in [0.15, 0.2) is 0 Å². The molecule has 1 aromatic heterocycles. The molecular formula is C11H10FNO2S. The summed E-state index contributed by atoms with van der Waals surface area (Å²) in [5, 5.41) is 0.927. The van der Waals surface area contributed by atoms with E-state index in [4.69, 9.17) is 0 Å². The zero-order chi connectivity index (χ0) is 11.6. The zero-order valence-electron chi connectivity index (χ0n) is 8.43. The van der Waals surface area contributed by atoms with Crippen molar-refractivity contribution in [2.24, 2.45) is 0 Å². The van der Waals surface area contributed by atoms with Crippen LogP contribution in [-0.2, 0) is 16.6 Å². The van der Waals surface area contributed by atoms with Gasteiger partial charge in [0.05, 0.1) is 11.3 Å². The third-order valence-corrected chi connectivity index (χ3v) is 2.97. The van der Waals surface area contributed by atoms with Gasteiger partial charge in [-0.15, -0.1) is 3.89 Å². The molecule has 16 heavy (non-hydrogen) atoms. The lowest BCUT2D eigenvalue weighted by Crippen LogP contribution is -2.02. The largest absolute Gasteiger partial charge is 0.302 e. The van der Waals surface area contributed by atoms with Crippen molar-refractivity contribution < 1.29 is 12.3 Å². The summed E-state index contributed by atoms with van der Waals surface area (Å²) in [7, 11) is -4.40. The first-order chi connectivity index (χ1) is 7.54. The van der Waals surface area contributed by atoms with E-state index in [1.807, 2.05) is 30.3 Å². The topological polar surface area (TPSA) is 47.0 Å². The number of hydrogen-bond acceptors (Lipinski definition) is 3. The molecule has 0 aliphatic heterocycles. The smallest absolute Gasteiger partial charge is 0.256 e. The maximum atomic E-state index is 12.3. The van der Waals surface area contributed by atoms with Crippen LogP contribution in [0.25, 0.3) is 10.9 Å². The summed E-state index contributed by atoms with van der Waals surface area (Å²) < 4.78 is 33.1. The van der Waals surface area contributed by atoms with Crippen LogP contribution in [0.3, 0.4) is 0 Å². The number of aromatic nitrogens is 1. The SMILES string of the molecule is O=S(=O)(F)CCc1cnc2ccccc2c1. The normalized spacial score (nSPS) is 11.8. The standard InChI is InChI=1S/C11H10FNO2S/c12-16(14,15)6-5-9-7-10-3-1-2-4-11(10)13-8-9/h1-4,7-8H,5-6H2. The molecular weight excluding hydrogens is 229 g/mol. The molecule has 0 unspecified atom stereocenters. The summed E-state index contributed by atoms with van der Waals surface area (Å²) in [5.41, 5.74) is 1.56. The van der Waals surface area contributed by atoms with Crippen LogP contribution in [0.15, 0.2) is 36.5 Å². The average molecular weight is 239 g/mol. The van der Waals surface area contributed by atoms with E-state index >= 15 is 0 Å². The number of rotatable bonds is 3. The summed E-state index contributed by atoms with van der Waals surface area (Å²) in [5.74, 6) is -0.493. The first-order valence-electron chi connectivity index (χ1n) is 4.81. The Morgan fingerprint density at radius 2 is 2.00 bits per heavy atom. The first-order valence-corrected chi connectivity index (χ1v) is 6.36. The highest BCUT2D eigenvalue weighted by atomic mass is 32.3. The number of nitrogens with zero attached hydrogens (tertiary/aromatic N) is 1. The summed E-state index contributed by atoms with van der Waals surface area (Å²) in [6.07, 6.45) is 1.73. The molecule has 0 radical (unpaired) electrons. The third-order valence-electron chi connectivity index (χ3n) is 2.28. The summed E-state index contributed by atoms with van der Waals surface area (Å²) in [6, 6.07) is 9.33. The number of halogens is 1. The van der Waals surface area contributed by atoms with Gasteiger partial charge >= 0.3 is 10.2 Å². The van der Waals surface area contributed by atoms with Gasteiger partial charge < -0.3 is 0 Å². The van der Waals surface area contributed by atoms with Crippen LogP contribution >= 0.6 is 0 Å². The van der Waals surface area contributed by atoms with Gasteiger partial charge in [-0.05, 0) is 24.1 Å². The lowest BCUT2D eigenvalue weighted by Gasteiger charge is -2.01. The Balaban J connectivity index is 2.26. The highest BCUT2D eigenvalue weighted by molar-refractivity contribution is 7.86. The molecule has 0 saturated heterocycles. The average Bonchev–Trinajstić information content (AvgIpc) is 2.25. The molecule has 0 amide bonds. The van der Waals surface area contributed by atoms with Crippen molar-refractivity contribution in [1.82, 2.24) is 4.98 Å². The number of aryl methyl sites for hydroxylation is 1. The fourth-order valence-corrected chi connectivity index (χ4v) is 1.97. The van der Waals surface area contributed by atoms with Crippen molar-refractivity contribution in [3.63, 3.8) is 0 Å². The summed E-state index contributed by atoms with van der Waals surface area (Å²) in [6.45, 7) is 0. The second kappa shape index (κ2) is 4.17.